The van der Waals surface area contributed by atoms with Crippen LogP contribution in [0.5, 0.6) is 0 Å². The van der Waals surface area contributed by atoms with E-state index in [0.29, 0.717) is 5.04 Å². The Kier molecular flexibility index (Phi) is 4.03. The van der Waals surface area contributed by atoms with Gasteiger partial charge in [0.25, 0.3) is 0 Å². The Bertz CT molecular complexity index is 508. The Labute approximate surface area is 117 Å². The van der Waals surface area contributed by atoms with E-state index in [-0.39, 0.29) is 18.9 Å². The summed E-state index contributed by atoms with van der Waals surface area (Å²) < 4.78 is 2.47. The fraction of sp³-hybridized carbons (Fsp3) is 0.429. The molecule has 1 aromatic carbocycles. The standard InChI is InChI=1S/C14H20NSi.Li/c1-14(2,3)16(4,5)15-11-10-12-8-6-7-9-13(12)15;/h6-9,11H,1-5H3;/q-1;+1. The zero-order valence-corrected chi connectivity index (χ0v) is 12.8. The zero-order chi connectivity index (χ0) is 12.0. The average molecular weight is 237 g/mol. The van der Waals surface area contributed by atoms with E-state index in [2.05, 4.69) is 74.6 Å². The SMILES string of the molecule is CC(C)(C)[Si](C)(C)n1c[c-]c2ccccc21.[Li+]. The molecule has 0 aliphatic rings. The molecule has 0 aliphatic carbocycles. The quantitative estimate of drug-likeness (QED) is 0.520. The van der Waals surface area contributed by atoms with Crippen LogP contribution in [0.1, 0.15) is 20.8 Å². The molecular formula is C14H20LiNSi. The minimum Gasteiger partial charge on any atom is -0.438 e. The van der Waals surface area contributed by atoms with Gasteiger partial charge in [-0.15, -0.1) is 6.07 Å². The van der Waals surface area contributed by atoms with Crippen LogP contribution in [0.25, 0.3) is 10.9 Å². The summed E-state index contributed by atoms with van der Waals surface area (Å²) in [5.74, 6) is 0. The predicted molar refractivity (Wildman–Crippen MR) is 73.4 cm³/mol. The van der Waals surface area contributed by atoms with Crippen LogP contribution in [0.15, 0.2) is 30.5 Å². The normalized spacial score (nSPS) is 12.5. The Morgan fingerprint density at radius 3 is 2.29 bits per heavy atom. The first-order chi connectivity index (χ1) is 7.34. The predicted octanol–water partition coefficient (Wildman–Crippen LogP) is 1.30. The summed E-state index contributed by atoms with van der Waals surface area (Å²) >= 11 is 0. The number of nitrogens with zero attached hydrogens (tertiary/aromatic N) is 1. The fourth-order valence-electron chi connectivity index (χ4n) is 1.83. The van der Waals surface area contributed by atoms with Gasteiger partial charge in [-0.2, -0.15) is 17.5 Å². The number of aromatic nitrogens is 1. The van der Waals surface area contributed by atoms with E-state index in [1.165, 1.54) is 10.9 Å². The van der Waals surface area contributed by atoms with Gasteiger partial charge in [0, 0.05) is 0 Å². The van der Waals surface area contributed by atoms with Crippen molar-refractivity contribution in [2.24, 2.45) is 0 Å². The minimum atomic E-state index is -1.51. The third-order valence-corrected chi connectivity index (χ3v) is 9.20. The molecule has 0 fully saturated rings. The topological polar surface area (TPSA) is 4.93 Å². The van der Waals surface area contributed by atoms with Crippen LogP contribution >= 0.6 is 0 Å². The van der Waals surface area contributed by atoms with E-state index in [1.807, 2.05) is 0 Å². The largest absolute Gasteiger partial charge is 1.00 e. The van der Waals surface area contributed by atoms with Gasteiger partial charge in [0.15, 0.2) is 0 Å². The Balaban J connectivity index is 0.00000144. The molecule has 0 saturated carbocycles. The van der Waals surface area contributed by atoms with Crippen LogP contribution in [-0.2, 0) is 0 Å². The number of hydrogen-bond donors (Lipinski definition) is 0. The molecule has 0 unspecified atom stereocenters. The summed E-state index contributed by atoms with van der Waals surface area (Å²) in [5.41, 5.74) is 1.33. The molecule has 2 aromatic rings. The first kappa shape index (κ1) is 14.6. The number of rotatable bonds is 1. The third kappa shape index (κ3) is 2.40. The molecule has 0 atom stereocenters. The number of fused-ring (bicyclic) bond motifs is 1. The second kappa shape index (κ2) is 4.68. The first-order valence-corrected chi connectivity index (χ1v) is 8.77. The summed E-state index contributed by atoms with van der Waals surface area (Å²) in [6, 6.07) is 11.9. The summed E-state index contributed by atoms with van der Waals surface area (Å²) in [6.45, 7) is 11.9. The van der Waals surface area contributed by atoms with E-state index < -0.39 is 8.24 Å². The summed E-state index contributed by atoms with van der Waals surface area (Å²) in [4.78, 5) is 0. The Morgan fingerprint density at radius 1 is 1.12 bits per heavy atom. The van der Waals surface area contributed by atoms with Crippen molar-refractivity contribution in [3.8, 4) is 0 Å². The van der Waals surface area contributed by atoms with E-state index in [9.17, 15) is 0 Å². The van der Waals surface area contributed by atoms with Crippen molar-refractivity contribution in [3.05, 3.63) is 36.5 Å². The second-order valence-electron chi connectivity index (χ2n) is 5.97. The van der Waals surface area contributed by atoms with Gasteiger partial charge in [-0.25, -0.2) is 0 Å². The fourth-order valence-corrected chi connectivity index (χ4v) is 3.74. The monoisotopic (exact) mass is 237 g/mol. The molecule has 0 aliphatic heterocycles. The van der Waals surface area contributed by atoms with Crippen LogP contribution in [-0.4, -0.2) is 12.5 Å². The van der Waals surface area contributed by atoms with Crippen LogP contribution in [0.4, 0.5) is 0 Å². The van der Waals surface area contributed by atoms with Crippen molar-refractivity contribution in [1.29, 1.82) is 0 Å². The Morgan fingerprint density at radius 2 is 1.71 bits per heavy atom. The van der Waals surface area contributed by atoms with Crippen molar-refractivity contribution in [2.45, 2.75) is 38.9 Å². The molecule has 86 valence electrons. The van der Waals surface area contributed by atoms with Crippen LogP contribution < -0.4 is 18.9 Å². The molecule has 0 bridgehead atoms. The van der Waals surface area contributed by atoms with Crippen LogP contribution in [0, 0.1) is 6.07 Å². The molecule has 0 amide bonds. The molecule has 1 aromatic heterocycles. The van der Waals surface area contributed by atoms with E-state index in [4.69, 9.17) is 0 Å². The van der Waals surface area contributed by atoms with Crippen molar-refractivity contribution in [3.63, 3.8) is 0 Å². The van der Waals surface area contributed by atoms with Gasteiger partial charge < -0.3 is 4.23 Å². The minimum absolute atomic E-state index is 0. The zero-order valence-electron chi connectivity index (χ0n) is 11.8. The molecule has 0 spiro atoms. The maximum absolute atomic E-state index is 3.36. The third-order valence-electron chi connectivity index (χ3n) is 3.95. The summed E-state index contributed by atoms with van der Waals surface area (Å²) in [5, 5.41) is 1.58. The second-order valence-corrected chi connectivity index (χ2v) is 11.1. The van der Waals surface area contributed by atoms with Crippen LogP contribution in [0.2, 0.25) is 18.1 Å². The van der Waals surface area contributed by atoms with Gasteiger partial charge in [0.05, 0.1) is 0 Å². The molecule has 0 N–H and O–H groups in total. The molecule has 0 saturated heterocycles. The molecule has 17 heavy (non-hydrogen) atoms. The van der Waals surface area contributed by atoms with E-state index in [0.717, 1.165) is 0 Å². The molecule has 1 heterocycles. The molecule has 0 radical (unpaired) electrons. The molecular weight excluding hydrogens is 217 g/mol. The van der Waals surface area contributed by atoms with E-state index >= 15 is 0 Å². The summed E-state index contributed by atoms with van der Waals surface area (Å²) in [7, 11) is -1.51. The van der Waals surface area contributed by atoms with Crippen LogP contribution in [0.3, 0.4) is 0 Å². The van der Waals surface area contributed by atoms with Crippen molar-refractivity contribution < 1.29 is 18.9 Å². The van der Waals surface area contributed by atoms with Gasteiger partial charge in [0.1, 0.15) is 8.24 Å². The average Bonchev–Trinajstić information content (AvgIpc) is 2.59. The van der Waals surface area contributed by atoms with Crippen molar-refractivity contribution in [2.75, 3.05) is 0 Å². The van der Waals surface area contributed by atoms with Gasteiger partial charge >= 0.3 is 18.9 Å². The smallest absolute Gasteiger partial charge is 0.438 e. The Hall–Kier alpha value is -0.426. The molecule has 1 nitrogen and oxygen atoms in total. The first-order valence-electron chi connectivity index (χ1n) is 5.82. The van der Waals surface area contributed by atoms with Gasteiger partial charge in [0.2, 0.25) is 0 Å². The summed E-state index contributed by atoms with van der Waals surface area (Å²) in [6.07, 6.45) is 2.14. The van der Waals surface area contributed by atoms with Gasteiger partial charge in [-0.3, -0.25) is 0 Å². The maximum Gasteiger partial charge on any atom is 1.00 e. The molecule has 2 rings (SSSR count). The number of hydrogen-bond acceptors (Lipinski definition) is 0. The van der Waals surface area contributed by atoms with E-state index in [1.54, 1.807) is 0 Å². The molecule has 3 heteroatoms. The van der Waals surface area contributed by atoms with Gasteiger partial charge in [-0.05, 0) is 5.04 Å². The van der Waals surface area contributed by atoms with Gasteiger partial charge in [-0.1, -0.05) is 57.7 Å². The van der Waals surface area contributed by atoms with Crippen molar-refractivity contribution in [1.82, 2.24) is 4.23 Å². The maximum atomic E-state index is 3.36. The van der Waals surface area contributed by atoms with Crippen molar-refractivity contribution >= 4 is 19.1 Å². The number of benzene rings is 1. The number of para-hydroxylation sites is 1.